The average Bonchev–Trinajstić information content (AvgIpc) is 3.17. The van der Waals surface area contributed by atoms with Crippen molar-refractivity contribution in [1.29, 1.82) is 0 Å². The number of nitrogens with zero attached hydrogens (tertiary/aromatic N) is 2. The third-order valence-electron chi connectivity index (χ3n) is 6.33. The molecule has 0 radical (unpaired) electrons. The molecule has 0 amide bonds. The van der Waals surface area contributed by atoms with E-state index in [0.29, 0.717) is 3.57 Å². The minimum atomic E-state index is -2.76. The average molecular weight is 592 g/mol. The van der Waals surface area contributed by atoms with E-state index in [1.807, 2.05) is 59.0 Å². The van der Waals surface area contributed by atoms with Crippen LogP contribution in [-0.4, -0.2) is 41.8 Å². The fraction of sp³-hybridized carbons (Fsp3) is 0.360. The van der Waals surface area contributed by atoms with Crippen molar-refractivity contribution in [2.24, 2.45) is 0 Å². The number of nitrogens with two attached hydrogens (primary N) is 1. The van der Waals surface area contributed by atoms with Crippen molar-refractivity contribution in [1.82, 2.24) is 9.55 Å². The summed E-state index contributed by atoms with van der Waals surface area (Å²) in [6, 6.07) is 20.7. The summed E-state index contributed by atoms with van der Waals surface area (Å²) in [6.45, 7) is 6.82. The predicted molar refractivity (Wildman–Crippen MR) is 144 cm³/mol. The molecule has 1 aliphatic rings. The van der Waals surface area contributed by atoms with Gasteiger partial charge in [-0.3, -0.25) is 4.57 Å². The molecule has 9 heteroatoms. The van der Waals surface area contributed by atoms with Crippen molar-refractivity contribution in [2.45, 2.75) is 50.7 Å². The monoisotopic (exact) mass is 591 g/mol. The van der Waals surface area contributed by atoms with Crippen molar-refractivity contribution in [3.63, 3.8) is 0 Å². The Bertz CT molecular complexity index is 1140. The molecule has 34 heavy (non-hydrogen) atoms. The molecule has 7 nitrogen and oxygen atoms in total. The second-order valence-electron chi connectivity index (χ2n) is 9.57. The Morgan fingerprint density at radius 2 is 1.71 bits per heavy atom. The highest BCUT2D eigenvalue weighted by Gasteiger charge is 2.51. The van der Waals surface area contributed by atoms with Crippen LogP contribution in [0.1, 0.15) is 33.4 Å². The molecule has 2 heterocycles. The molecule has 1 saturated heterocycles. The van der Waals surface area contributed by atoms with E-state index in [2.05, 4.69) is 50.0 Å². The molecule has 0 bridgehead atoms. The van der Waals surface area contributed by atoms with Gasteiger partial charge in [0, 0.05) is 12.6 Å². The van der Waals surface area contributed by atoms with E-state index >= 15 is 0 Å². The van der Waals surface area contributed by atoms with Crippen LogP contribution >= 0.6 is 22.6 Å². The lowest BCUT2D eigenvalue weighted by Crippen LogP contribution is -2.67. The van der Waals surface area contributed by atoms with E-state index in [9.17, 15) is 9.90 Å². The van der Waals surface area contributed by atoms with Gasteiger partial charge in [-0.25, -0.2) is 4.79 Å². The Kier molecular flexibility index (Phi) is 7.29. The topological polar surface area (TPSA) is 99.6 Å². The van der Waals surface area contributed by atoms with Gasteiger partial charge in [0.15, 0.2) is 0 Å². The molecule has 2 aromatic carbocycles. The largest absolute Gasteiger partial charge is 0.405 e. The fourth-order valence-corrected chi connectivity index (χ4v) is 9.66. The Labute approximate surface area is 214 Å². The summed E-state index contributed by atoms with van der Waals surface area (Å²) in [5, 5.41) is 13.0. The smallest absolute Gasteiger partial charge is 0.351 e. The molecule has 4 rings (SSSR count). The second-order valence-corrected chi connectivity index (χ2v) is 15.0. The standard InChI is InChI=1S/C25H30IN3O4Si/c1-25(2,3)34(17-10-6-4-7-11-17,18-12-8-5-9-13-18)32-16-21-20(30)14-22(33-21)29-15-19(26)23(27)28-24(29)31/h4-13,15,20-22,30H,14,16H2,1-3H3,(H2,27,28,31)/t20-,21-,22-/m1/s1. The minimum absolute atomic E-state index is 0.187. The van der Waals surface area contributed by atoms with Crippen LogP contribution in [0.15, 0.2) is 71.7 Å². The molecule has 0 aliphatic carbocycles. The maximum absolute atomic E-state index is 12.4. The maximum atomic E-state index is 12.4. The molecule has 0 spiro atoms. The van der Waals surface area contributed by atoms with Gasteiger partial charge in [0.05, 0.1) is 16.3 Å². The zero-order valence-corrected chi connectivity index (χ0v) is 22.7. The number of aliphatic hydroxyl groups is 1. The lowest BCUT2D eigenvalue weighted by Gasteiger charge is -2.43. The van der Waals surface area contributed by atoms with Gasteiger partial charge in [-0.05, 0) is 38.0 Å². The van der Waals surface area contributed by atoms with E-state index in [0.717, 1.165) is 10.4 Å². The van der Waals surface area contributed by atoms with Crippen molar-refractivity contribution in [3.8, 4) is 0 Å². The van der Waals surface area contributed by atoms with E-state index in [4.69, 9.17) is 14.9 Å². The summed E-state index contributed by atoms with van der Waals surface area (Å²) in [7, 11) is -2.76. The van der Waals surface area contributed by atoms with Crippen LogP contribution in [-0.2, 0) is 9.16 Å². The Hall–Kier alpha value is -2.05. The van der Waals surface area contributed by atoms with Crippen molar-refractivity contribution < 1.29 is 14.3 Å². The van der Waals surface area contributed by atoms with E-state index in [1.165, 1.54) is 4.57 Å². The van der Waals surface area contributed by atoms with Crippen molar-refractivity contribution >= 4 is 47.1 Å². The van der Waals surface area contributed by atoms with Crippen LogP contribution < -0.4 is 21.8 Å². The summed E-state index contributed by atoms with van der Waals surface area (Å²) in [5.41, 5.74) is 5.26. The molecule has 0 unspecified atom stereocenters. The summed E-state index contributed by atoms with van der Waals surface area (Å²) in [6.07, 6.45) is -0.0828. The number of nitrogen functional groups attached to an aromatic ring is 1. The van der Waals surface area contributed by atoms with Gasteiger partial charge < -0.3 is 20.0 Å². The molecule has 0 saturated carbocycles. The van der Waals surface area contributed by atoms with Gasteiger partial charge in [-0.1, -0.05) is 81.4 Å². The molecule has 3 N–H and O–H groups in total. The number of aromatic nitrogens is 2. The Morgan fingerprint density at radius 3 is 2.24 bits per heavy atom. The van der Waals surface area contributed by atoms with Crippen LogP contribution in [0, 0.1) is 3.57 Å². The first-order valence-corrected chi connectivity index (χ1v) is 14.2. The zero-order chi connectivity index (χ0) is 24.5. The van der Waals surface area contributed by atoms with Crippen LogP contribution in [0.3, 0.4) is 0 Å². The number of aliphatic hydroxyl groups excluding tert-OH is 1. The second kappa shape index (κ2) is 9.90. The molecular formula is C25H30IN3O4Si. The van der Waals surface area contributed by atoms with E-state index in [1.54, 1.807) is 6.20 Å². The quantitative estimate of drug-likeness (QED) is 0.338. The summed E-state index contributed by atoms with van der Waals surface area (Å²) in [5.74, 6) is 0.187. The fourth-order valence-electron chi connectivity index (χ4n) is 4.67. The molecule has 3 atom stereocenters. The van der Waals surface area contributed by atoms with Crippen molar-refractivity contribution in [2.75, 3.05) is 12.3 Å². The first-order valence-electron chi connectivity index (χ1n) is 11.3. The number of hydrogen-bond acceptors (Lipinski definition) is 6. The van der Waals surface area contributed by atoms with Crippen LogP contribution in [0.4, 0.5) is 5.82 Å². The van der Waals surface area contributed by atoms with Gasteiger partial charge in [-0.15, -0.1) is 0 Å². The molecule has 1 aliphatic heterocycles. The molecule has 1 aromatic heterocycles. The molecule has 1 fully saturated rings. The Morgan fingerprint density at radius 1 is 1.15 bits per heavy atom. The van der Waals surface area contributed by atoms with Gasteiger partial charge in [0.25, 0.3) is 8.32 Å². The third kappa shape index (κ3) is 4.72. The van der Waals surface area contributed by atoms with Crippen LogP contribution in [0.2, 0.25) is 5.04 Å². The van der Waals surface area contributed by atoms with Gasteiger partial charge >= 0.3 is 5.69 Å². The molecule has 3 aromatic rings. The van der Waals surface area contributed by atoms with Crippen LogP contribution in [0.25, 0.3) is 0 Å². The number of anilines is 1. The predicted octanol–water partition coefficient (Wildman–Crippen LogP) is 2.66. The van der Waals surface area contributed by atoms with Gasteiger partial charge in [-0.2, -0.15) is 4.98 Å². The first-order chi connectivity index (χ1) is 16.1. The van der Waals surface area contributed by atoms with E-state index < -0.39 is 32.4 Å². The molecule has 180 valence electrons. The number of rotatable bonds is 6. The highest BCUT2D eigenvalue weighted by molar-refractivity contribution is 14.1. The summed E-state index contributed by atoms with van der Waals surface area (Å²) >= 11 is 2.03. The lowest BCUT2D eigenvalue weighted by atomic mass is 10.2. The normalized spacial score (nSPS) is 21.0. The number of hydrogen-bond donors (Lipinski definition) is 2. The van der Waals surface area contributed by atoms with Gasteiger partial charge in [0.1, 0.15) is 18.1 Å². The maximum Gasteiger partial charge on any atom is 0.351 e. The highest BCUT2D eigenvalue weighted by Crippen LogP contribution is 2.38. The zero-order valence-electron chi connectivity index (χ0n) is 19.5. The third-order valence-corrected chi connectivity index (χ3v) is 12.2. The number of benzene rings is 2. The van der Waals surface area contributed by atoms with Crippen molar-refractivity contribution in [3.05, 3.63) is 80.9 Å². The number of halogens is 1. The number of ether oxygens (including phenoxy) is 1. The first kappa shape index (κ1) is 25.1. The minimum Gasteiger partial charge on any atom is -0.405 e. The van der Waals surface area contributed by atoms with Crippen LogP contribution in [0.5, 0.6) is 0 Å². The SMILES string of the molecule is CC(C)(C)[Si](OC[C@H]1O[C@@H](n2cc(I)c(N)nc2=O)C[C@H]1O)(c1ccccc1)c1ccccc1. The summed E-state index contributed by atoms with van der Waals surface area (Å²) in [4.78, 5) is 16.3. The Balaban J connectivity index is 1.65. The molecular weight excluding hydrogens is 561 g/mol. The summed E-state index contributed by atoms with van der Waals surface area (Å²) < 4.78 is 15.1. The lowest BCUT2D eigenvalue weighted by molar-refractivity contribution is -0.0426. The highest BCUT2D eigenvalue weighted by atomic mass is 127. The van der Waals surface area contributed by atoms with E-state index in [-0.39, 0.29) is 23.9 Å². The van der Waals surface area contributed by atoms with Gasteiger partial charge in [0.2, 0.25) is 0 Å².